The summed E-state index contributed by atoms with van der Waals surface area (Å²) in [5.74, 6) is -0.515. The lowest BCUT2D eigenvalue weighted by molar-refractivity contribution is 0.0918. The van der Waals surface area contributed by atoms with Crippen molar-refractivity contribution in [2.45, 2.75) is 32.3 Å². The van der Waals surface area contributed by atoms with E-state index in [-0.39, 0.29) is 28.0 Å². The van der Waals surface area contributed by atoms with Gasteiger partial charge in [0.15, 0.2) is 5.78 Å². The second-order valence-electron chi connectivity index (χ2n) is 5.88. The SMILES string of the molecule is O=C(c1cc(Cl)c(OCc2ccccc2)cc1F)C1CCCC1. The zero-order valence-electron chi connectivity index (χ0n) is 12.7. The average molecular weight is 333 g/mol. The maximum absolute atomic E-state index is 14.3. The third-order valence-electron chi connectivity index (χ3n) is 4.25. The normalized spacial score (nSPS) is 14.9. The first-order valence-corrected chi connectivity index (χ1v) is 8.23. The summed E-state index contributed by atoms with van der Waals surface area (Å²) in [6.45, 7) is 0.302. The smallest absolute Gasteiger partial charge is 0.168 e. The van der Waals surface area contributed by atoms with Gasteiger partial charge in [-0.1, -0.05) is 54.8 Å². The molecule has 0 saturated heterocycles. The average Bonchev–Trinajstić information content (AvgIpc) is 3.10. The van der Waals surface area contributed by atoms with Gasteiger partial charge in [-0.15, -0.1) is 0 Å². The molecule has 0 N–H and O–H groups in total. The first kappa shape index (κ1) is 16.0. The molecule has 4 heteroatoms. The number of rotatable bonds is 5. The Hall–Kier alpha value is -1.87. The Morgan fingerprint density at radius 3 is 2.57 bits per heavy atom. The highest BCUT2D eigenvalue weighted by atomic mass is 35.5. The van der Waals surface area contributed by atoms with Gasteiger partial charge in [0.05, 0.1) is 10.6 Å². The second kappa shape index (κ2) is 7.14. The van der Waals surface area contributed by atoms with Crippen molar-refractivity contribution >= 4 is 17.4 Å². The molecule has 0 atom stereocenters. The van der Waals surface area contributed by atoms with Gasteiger partial charge in [-0.3, -0.25) is 4.79 Å². The predicted octanol–water partition coefficient (Wildman–Crippen LogP) is 5.43. The molecule has 0 aliphatic heterocycles. The summed E-state index contributed by atoms with van der Waals surface area (Å²) >= 11 is 6.17. The van der Waals surface area contributed by atoms with E-state index >= 15 is 0 Å². The van der Waals surface area contributed by atoms with Gasteiger partial charge in [-0.25, -0.2) is 4.39 Å². The Kier molecular flexibility index (Phi) is 4.97. The van der Waals surface area contributed by atoms with Gasteiger partial charge < -0.3 is 4.74 Å². The van der Waals surface area contributed by atoms with Gasteiger partial charge in [0.2, 0.25) is 0 Å². The number of ketones is 1. The van der Waals surface area contributed by atoms with Crippen LogP contribution < -0.4 is 4.74 Å². The molecule has 0 unspecified atom stereocenters. The van der Waals surface area contributed by atoms with Gasteiger partial charge in [-0.05, 0) is 24.5 Å². The maximum atomic E-state index is 14.3. The number of benzene rings is 2. The van der Waals surface area contributed by atoms with E-state index < -0.39 is 5.82 Å². The number of halogens is 2. The molecule has 0 spiro atoms. The number of Topliss-reactive ketones (excluding diaryl/α,β-unsaturated/α-hetero) is 1. The fourth-order valence-corrected chi connectivity index (χ4v) is 3.19. The molecular formula is C19H18ClFO2. The number of hydrogen-bond donors (Lipinski definition) is 0. The zero-order chi connectivity index (χ0) is 16.2. The van der Waals surface area contributed by atoms with Crippen LogP contribution in [0.1, 0.15) is 41.6 Å². The molecule has 120 valence electrons. The van der Waals surface area contributed by atoms with Crippen LogP contribution >= 0.6 is 11.6 Å². The number of carbonyl (C=O) groups is 1. The van der Waals surface area contributed by atoms with E-state index in [1.54, 1.807) is 0 Å². The summed E-state index contributed by atoms with van der Waals surface area (Å²) in [5, 5.41) is 0.267. The summed E-state index contributed by atoms with van der Waals surface area (Å²) in [4.78, 5) is 12.4. The van der Waals surface area contributed by atoms with Crippen LogP contribution in [-0.2, 0) is 6.61 Å². The molecule has 0 aromatic heterocycles. The van der Waals surface area contributed by atoms with Crippen LogP contribution in [0.3, 0.4) is 0 Å². The van der Waals surface area contributed by atoms with Gasteiger partial charge in [0, 0.05) is 12.0 Å². The van der Waals surface area contributed by atoms with Crippen LogP contribution in [0.2, 0.25) is 5.02 Å². The predicted molar refractivity (Wildman–Crippen MR) is 88.5 cm³/mol. The minimum Gasteiger partial charge on any atom is -0.487 e. The number of carbonyl (C=O) groups excluding carboxylic acids is 1. The third-order valence-corrected chi connectivity index (χ3v) is 4.55. The minimum atomic E-state index is -0.561. The second-order valence-corrected chi connectivity index (χ2v) is 6.29. The van der Waals surface area contributed by atoms with Crippen molar-refractivity contribution in [3.05, 3.63) is 64.4 Å². The topological polar surface area (TPSA) is 26.3 Å². The van der Waals surface area contributed by atoms with Gasteiger partial charge >= 0.3 is 0 Å². The molecule has 0 amide bonds. The highest BCUT2D eigenvalue weighted by Crippen LogP contribution is 2.33. The summed E-state index contributed by atoms with van der Waals surface area (Å²) in [6.07, 6.45) is 3.73. The Bertz CT molecular complexity index is 694. The molecule has 1 aliphatic carbocycles. The first-order valence-electron chi connectivity index (χ1n) is 7.85. The first-order chi connectivity index (χ1) is 11.1. The van der Waals surface area contributed by atoms with Crippen molar-refractivity contribution in [2.24, 2.45) is 5.92 Å². The lowest BCUT2D eigenvalue weighted by Gasteiger charge is -2.12. The van der Waals surface area contributed by atoms with Crippen molar-refractivity contribution in [1.82, 2.24) is 0 Å². The van der Waals surface area contributed by atoms with Crippen LogP contribution in [-0.4, -0.2) is 5.78 Å². The summed E-state index contributed by atoms with van der Waals surface area (Å²) in [5.41, 5.74) is 1.05. The molecule has 2 aromatic carbocycles. The molecule has 1 fully saturated rings. The van der Waals surface area contributed by atoms with E-state index in [0.29, 0.717) is 6.61 Å². The van der Waals surface area contributed by atoms with Gasteiger partial charge in [0.1, 0.15) is 18.2 Å². The lowest BCUT2D eigenvalue weighted by Crippen LogP contribution is -2.13. The quantitative estimate of drug-likeness (QED) is 0.682. The number of hydrogen-bond acceptors (Lipinski definition) is 2. The summed E-state index contributed by atoms with van der Waals surface area (Å²) in [6, 6.07) is 12.2. The fourth-order valence-electron chi connectivity index (χ4n) is 2.97. The Balaban J connectivity index is 1.75. The largest absolute Gasteiger partial charge is 0.487 e. The highest BCUT2D eigenvalue weighted by Gasteiger charge is 2.26. The van der Waals surface area contributed by atoms with Gasteiger partial charge in [0.25, 0.3) is 0 Å². The van der Waals surface area contributed by atoms with Crippen LogP contribution in [0.15, 0.2) is 42.5 Å². The molecular weight excluding hydrogens is 315 g/mol. The Morgan fingerprint density at radius 1 is 1.17 bits per heavy atom. The van der Waals surface area contributed by atoms with Crippen molar-refractivity contribution in [3.63, 3.8) is 0 Å². The van der Waals surface area contributed by atoms with Crippen LogP contribution in [0.25, 0.3) is 0 Å². The number of ether oxygens (including phenoxy) is 1. The van der Waals surface area contributed by atoms with Crippen LogP contribution in [0, 0.1) is 11.7 Å². The van der Waals surface area contributed by atoms with E-state index in [1.807, 2.05) is 30.3 Å². The summed E-state index contributed by atoms with van der Waals surface area (Å²) < 4.78 is 19.9. The molecule has 1 saturated carbocycles. The molecule has 1 aliphatic rings. The van der Waals surface area contributed by atoms with Crippen LogP contribution in [0.4, 0.5) is 4.39 Å². The zero-order valence-corrected chi connectivity index (χ0v) is 13.5. The fraction of sp³-hybridized carbons (Fsp3) is 0.316. The van der Waals surface area contributed by atoms with Crippen molar-refractivity contribution in [1.29, 1.82) is 0 Å². The lowest BCUT2D eigenvalue weighted by atomic mass is 9.96. The molecule has 0 bridgehead atoms. The monoisotopic (exact) mass is 332 g/mol. The van der Waals surface area contributed by atoms with E-state index in [2.05, 4.69) is 0 Å². The molecule has 2 aromatic rings. The highest BCUT2D eigenvalue weighted by molar-refractivity contribution is 6.32. The van der Waals surface area contributed by atoms with E-state index in [0.717, 1.165) is 31.2 Å². The standard InChI is InChI=1S/C19H18ClFO2/c20-16-10-15(19(22)14-8-4-5-9-14)17(21)11-18(16)23-12-13-6-2-1-3-7-13/h1-3,6-7,10-11,14H,4-5,8-9,12H2. The third kappa shape index (κ3) is 3.73. The Morgan fingerprint density at radius 2 is 1.87 bits per heavy atom. The molecule has 3 rings (SSSR count). The van der Waals surface area contributed by atoms with Crippen LogP contribution in [0.5, 0.6) is 5.75 Å². The molecule has 2 nitrogen and oxygen atoms in total. The van der Waals surface area contributed by atoms with Crippen molar-refractivity contribution in [3.8, 4) is 5.75 Å². The van der Waals surface area contributed by atoms with E-state index in [4.69, 9.17) is 16.3 Å². The van der Waals surface area contributed by atoms with Crippen molar-refractivity contribution in [2.75, 3.05) is 0 Å². The molecule has 0 radical (unpaired) electrons. The van der Waals surface area contributed by atoms with E-state index in [1.165, 1.54) is 12.1 Å². The summed E-state index contributed by atoms with van der Waals surface area (Å²) in [7, 11) is 0. The minimum absolute atomic E-state index is 0.0725. The Labute approximate surface area is 140 Å². The van der Waals surface area contributed by atoms with Crippen molar-refractivity contribution < 1.29 is 13.9 Å². The van der Waals surface area contributed by atoms with Gasteiger partial charge in [-0.2, -0.15) is 0 Å². The molecule has 23 heavy (non-hydrogen) atoms. The van der Waals surface area contributed by atoms with E-state index in [9.17, 15) is 9.18 Å². The maximum Gasteiger partial charge on any atom is 0.168 e. The molecule has 0 heterocycles.